The first kappa shape index (κ1) is 13.2. The molecule has 2 aliphatic rings. The minimum Gasteiger partial charge on any atom is -0.362 e. The van der Waals surface area contributed by atoms with Crippen LogP contribution in [-0.4, -0.2) is 48.0 Å². The molecule has 2 atom stereocenters. The van der Waals surface area contributed by atoms with Gasteiger partial charge in [-0.25, -0.2) is 0 Å². The molecule has 1 aliphatic carbocycles. The molecular formula is C13H25N3S. The molecule has 17 heavy (non-hydrogen) atoms. The number of fused-ring (bicyclic) bond motifs is 1. The molecule has 0 bridgehead atoms. The Hall–Kier alpha value is -0.220. The summed E-state index contributed by atoms with van der Waals surface area (Å²) >= 11 is 1.93. The van der Waals surface area contributed by atoms with E-state index in [-0.39, 0.29) is 0 Å². The molecule has 0 radical (unpaired) electrons. The third-order valence-electron chi connectivity index (χ3n) is 3.97. The molecule has 0 aromatic rings. The fourth-order valence-corrected chi connectivity index (χ4v) is 3.92. The van der Waals surface area contributed by atoms with Crippen LogP contribution in [0.15, 0.2) is 4.99 Å². The van der Waals surface area contributed by atoms with Gasteiger partial charge in [0.2, 0.25) is 0 Å². The van der Waals surface area contributed by atoms with Crippen molar-refractivity contribution >= 4 is 16.9 Å². The molecule has 1 N–H and O–H groups in total. The fraction of sp³-hybridized carbons (Fsp3) is 0.923. The van der Waals surface area contributed by atoms with E-state index in [1.54, 1.807) is 0 Å². The van der Waals surface area contributed by atoms with Crippen molar-refractivity contribution in [2.75, 3.05) is 31.9 Å². The highest BCUT2D eigenvalue weighted by atomic mass is 32.2. The molecule has 1 saturated heterocycles. The summed E-state index contributed by atoms with van der Waals surface area (Å²) in [4.78, 5) is 7.13. The second kappa shape index (κ2) is 6.64. The van der Waals surface area contributed by atoms with Gasteiger partial charge < -0.3 is 10.2 Å². The average molecular weight is 255 g/mol. The SMILES string of the molecule is CCN(CC)CCN=C1NC2CCCC2CS1. The molecule has 0 aromatic heterocycles. The standard InChI is InChI=1S/C13H25N3S/c1-3-16(4-2)9-8-14-13-15-12-7-5-6-11(12)10-17-13/h11-12H,3-10H2,1-2H3,(H,14,15). The molecule has 2 fully saturated rings. The van der Waals surface area contributed by atoms with Crippen LogP contribution in [0.5, 0.6) is 0 Å². The molecule has 1 heterocycles. The van der Waals surface area contributed by atoms with Crippen LogP contribution in [-0.2, 0) is 0 Å². The van der Waals surface area contributed by atoms with E-state index in [9.17, 15) is 0 Å². The van der Waals surface area contributed by atoms with Crippen LogP contribution < -0.4 is 5.32 Å². The smallest absolute Gasteiger partial charge is 0.156 e. The van der Waals surface area contributed by atoms with E-state index in [1.807, 2.05) is 11.8 Å². The topological polar surface area (TPSA) is 27.6 Å². The fourth-order valence-electron chi connectivity index (χ4n) is 2.74. The van der Waals surface area contributed by atoms with E-state index in [0.717, 1.165) is 38.1 Å². The molecule has 1 saturated carbocycles. The first-order valence-electron chi connectivity index (χ1n) is 6.99. The Labute approximate surface area is 109 Å². The molecular weight excluding hydrogens is 230 g/mol. The summed E-state index contributed by atoms with van der Waals surface area (Å²) in [6.07, 6.45) is 4.16. The van der Waals surface area contributed by atoms with Gasteiger partial charge in [0.05, 0.1) is 6.54 Å². The normalized spacial score (nSPS) is 30.6. The van der Waals surface area contributed by atoms with Crippen molar-refractivity contribution < 1.29 is 0 Å². The number of nitrogens with zero attached hydrogens (tertiary/aromatic N) is 2. The second-order valence-corrected chi connectivity index (χ2v) is 5.98. The Morgan fingerprint density at radius 2 is 2.18 bits per heavy atom. The minimum atomic E-state index is 0.725. The average Bonchev–Trinajstić information content (AvgIpc) is 2.82. The Bertz CT molecular complexity index is 263. The Kier molecular flexibility index (Phi) is 5.16. The highest BCUT2D eigenvalue weighted by Gasteiger charge is 2.31. The van der Waals surface area contributed by atoms with Crippen molar-refractivity contribution in [3.8, 4) is 0 Å². The monoisotopic (exact) mass is 255 g/mol. The molecule has 98 valence electrons. The molecule has 4 heteroatoms. The lowest BCUT2D eigenvalue weighted by Crippen LogP contribution is -2.41. The molecule has 0 amide bonds. The van der Waals surface area contributed by atoms with Crippen LogP contribution in [0.4, 0.5) is 0 Å². The number of amidine groups is 1. The van der Waals surface area contributed by atoms with Crippen molar-refractivity contribution in [1.29, 1.82) is 0 Å². The number of likely N-dealkylation sites (N-methyl/N-ethyl adjacent to an activating group) is 1. The zero-order chi connectivity index (χ0) is 12.1. The van der Waals surface area contributed by atoms with E-state index >= 15 is 0 Å². The van der Waals surface area contributed by atoms with E-state index in [1.165, 1.54) is 30.2 Å². The Morgan fingerprint density at radius 3 is 2.94 bits per heavy atom. The predicted molar refractivity (Wildman–Crippen MR) is 76.8 cm³/mol. The number of rotatable bonds is 5. The van der Waals surface area contributed by atoms with Gasteiger partial charge in [-0.05, 0) is 31.8 Å². The van der Waals surface area contributed by atoms with Gasteiger partial charge >= 0.3 is 0 Å². The highest BCUT2D eigenvalue weighted by Crippen LogP contribution is 2.32. The summed E-state index contributed by atoms with van der Waals surface area (Å²) in [5, 5.41) is 4.81. The highest BCUT2D eigenvalue weighted by molar-refractivity contribution is 8.13. The quantitative estimate of drug-likeness (QED) is 0.816. The summed E-state index contributed by atoms with van der Waals surface area (Å²) in [6, 6.07) is 0.725. The minimum absolute atomic E-state index is 0.725. The first-order valence-corrected chi connectivity index (χ1v) is 7.98. The lowest BCUT2D eigenvalue weighted by Gasteiger charge is -2.28. The van der Waals surface area contributed by atoms with Crippen molar-refractivity contribution in [3.63, 3.8) is 0 Å². The zero-order valence-corrected chi connectivity index (χ0v) is 11.9. The Morgan fingerprint density at radius 1 is 1.35 bits per heavy atom. The molecule has 0 aromatic carbocycles. The molecule has 2 rings (SSSR count). The summed E-state index contributed by atoms with van der Waals surface area (Å²) in [7, 11) is 0. The largest absolute Gasteiger partial charge is 0.362 e. The third kappa shape index (κ3) is 3.62. The number of thioether (sulfide) groups is 1. The van der Waals surface area contributed by atoms with Gasteiger partial charge in [0, 0.05) is 18.3 Å². The van der Waals surface area contributed by atoms with Crippen LogP contribution in [0.3, 0.4) is 0 Å². The third-order valence-corrected chi connectivity index (χ3v) is 5.08. The molecule has 2 unspecified atom stereocenters. The predicted octanol–water partition coefficient (Wildman–Crippen LogP) is 2.19. The summed E-state index contributed by atoms with van der Waals surface area (Å²) < 4.78 is 0. The number of nitrogens with one attached hydrogen (secondary N) is 1. The van der Waals surface area contributed by atoms with Crippen molar-refractivity contribution in [2.45, 2.75) is 39.2 Å². The van der Waals surface area contributed by atoms with Gasteiger partial charge in [-0.1, -0.05) is 32.0 Å². The van der Waals surface area contributed by atoms with E-state index in [4.69, 9.17) is 4.99 Å². The maximum atomic E-state index is 4.71. The van der Waals surface area contributed by atoms with Crippen LogP contribution in [0, 0.1) is 5.92 Å². The van der Waals surface area contributed by atoms with Crippen molar-refractivity contribution in [2.24, 2.45) is 10.9 Å². The van der Waals surface area contributed by atoms with Gasteiger partial charge in [-0.15, -0.1) is 0 Å². The number of aliphatic imine (C=N–C) groups is 1. The molecule has 3 nitrogen and oxygen atoms in total. The van der Waals surface area contributed by atoms with Crippen molar-refractivity contribution in [3.05, 3.63) is 0 Å². The van der Waals surface area contributed by atoms with Gasteiger partial charge in [0.1, 0.15) is 0 Å². The summed E-state index contributed by atoms with van der Waals surface area (Å²) in [5.41, 5.74) is 0. The number of hydrogen-bond acceptors (Lipinski definition) is 3. The van der Waals surface area contributed by atoms with Crippen LogP contribution >= 0.6 is 11.8 Å². The number of hydrogen-bond donors (Lipinski definition) is 1. The molecule has 1 aliphatic heterocycles. The van der Waals surface area contributed by atoms with E-state index < -0.39 is 0 Å². The lowest BCUT2D eigenvalue weighted by atomic mass is 10.1. The Balaban J connectivity index is 1.74. The lowest BCUT2D eigenvalue weighted by molar-refractivity contribution is 0.313. The maximum Gasteiger partial charge on any atom is 0.156 e. The van der Waals surface area contributed by atoms with Crippen LogP contribution in [0.25, 0.3) is 0 Å². The van der Waals surface area contributed by atoms with Crippen LogP contribution in [0.1, 0.15) is 33.1 Å². The summed E-state index contributed by atoms with van der Waals surface area (Å²) in [5.74, 6) is 2.18. The van der Waals surface area contributed by atoms with Gasteiger partial charge in [0.15, 0.2) is 5.17 Å². The summed E-state index contributed by atoms with van der Waals surface area (Å²) in [6.45, 7) is 8.72. The van der Waals surface area contributed by atoms with Crippen molar-refractivity contribution in [1.82, 2.24) is 10.2 Å². The van der Waals surface area contributed by atoms with E-state index in [0.29, 0.717) is 0 Å². The van der Waals surface area contributed by atoms with E-state index in [2.05, 4.69) is 24.1 Å². The maximum absolute atomic E-state index is 4.71. The second-order valence-electron chi connectivity index (χ2n) is 4.97. The van der Waals surface area contributed by atoms with Crippen LogP contribution in [0.2, 0.25) is 0 Å². The van der Waals surface area contributed by atoms with Gasteiger partial charge in [0.25, 0.3) is 0 Å². The van der Waals surface area contributed by atoms with Gasteiger partial charge in [-0.2, -0.15) is 0 Å². The van der Waals surface area contributed by atoms with Gasteiger partial charge in [-0.3, -0.25) is 4.99 Å². The first-order chi connectivity index (χ1) is 8.33. The zero-order valence-electron chi connectivity index (χ0n) is 11.1. The molecule has 0 spiro atoms.